The van der Waals surface area contributed by atoms with E-state index in [4.69, 9.17) is 0 Å². The third kappa shape index (κ3) is 4.48. The Hall–Kier alpha value is -2.51. The summed E-state index contributed by atoms with van der Waals surface area (Å²) in [4.78, 5) is 24.9. The molecule has 124 valence electrons. The summed E-state index contributed by atoms with van der Waals surface area (Å²) >= 11 is 0. The van der Waals surface area contributed by atoms with Crippen molar-refractivity contribution in [2.45, 2.75) is 33.2 Å². The van der Waals surface area contributed by atoms with Crippen molar-refractivity contribution in [2.24, 2.45) is 13.0 Å². The Kier molecular flexibility index (Phi) is 5.61. The monoisotopic (exact) mass is 317 g/mol. The standard InChI is InChI=1S/C15H23N7O/c1-5-16-15-17-7-11(8-18-15)14(23)21-12(6-10(2)3)13-19-9-20-22(13)4/h7-10,12H,5-6H2,1-4H3,(H,21,23)(H,16,17,18)/t12-/m1/s1. The third-order valence-electron chi connectivity index (χ3n) is 3.32. The molecule has 2 N–H and O–H groups in total. The van der Waals surface area contributed by atoms with Gasteiger partial charge in [0.15, 0.2) is 0 Å². The van der Waals surface area contributed by atoms with Gasteiger partial charge in [0.05, 0.1) is 11.6 Å². The molecular formula is C15H23N7O. The first kappa shape index (κ1) is 16.9. The summed E-state index contributed by atoms with van der Waals surface area (Å²) < 4.78 is 1.68. The Balaban J connectivity index is 2.12. The highest BCUT2D eigenvalue weighted by Gasteiger charge is 2.21. The smallest absolute Gasteiger partial charge is 0.255 e. The average Bonchev–Trinajstić information content (AvgIpc) is 2.93. The highest BCUT2D eigenvalue weighted by Crippen LogP contribution is 2.19. The van der Waals surface area contributed by atoms with Crippen LogP contribution >= 0.6 is 0 Å². The van der Waals surface area contributed by atoms with Gasteiger partial charge in [0.1, 0.15) is 12.2 Å². The van der Waals surface area contributed by atoms with Gasteiger partial charge in [-0.05, 0) is 19.3 Å². The minimum absolute atomic E-state index is 0.205. The van der Waals surface area contributed by atoms with E-state index in [1.54, 1.807) is 4.68 Å². The Labute approximate surface area is 135 Å². The lowest BCUT2D eigenvalue weighted by molar-refractivity contribution is 0.0928. The first-order valence-electron chi connectivity index (χ1n) is 7.72. The molecule has 0 spiro atoms. The quantitative estimate of drug-likeness (QED) is 0.804. The number of amides is 1. The first-order valence-corrected chi connectivity index (χ1v) is 7.72. The van der Waals surface area contributed by atoms with E-state index in [1.165, 1.54) is 18.7 Å². The number of hydrogen-bond donors (Lipinski definition) is 2. The number of anilines is 1. The molecule has 23 heavy (non-hydrogen) atoms. The number of nitrogens with zero attached hydrogens (tertiary/aromatic N) is 5. The zero-order valence-corrected chi connectivity index (χ0v) is 13.9. The fourth-order valence-electron chi connectivity index (χ4n) is 2.26. The van der Waals surface area contributed by atoms with E-state index in [9.17, 15) is 4.79 Å². The summed E-state index contributed by atoms with van der Waals surface area (Å²) in [5, 5.41) is 10.1. The molecule has 2 heterocycles. The SMILES string of the molecule is CCNc1ncc(C(=O)N[C@H](CC(C)C)c2ncnn2C)cn1. The Morgan fingerprint density at radius 3 is 2.48 bits per heavy atom. The van der Waals surface area contributed by atoms with E-state index in [-0.39, 0.29) is 11.9 Å². The van der Waals surface area contributed by atoms with E-state index in [1.807, 2.05) is 14.0 Å². The van der Waals surface area contributed by atoms with Gasteiger partial charge in [-0.2, -0.15) is 5.10 Å². The number of carbonyl (C=O) groups is 1. The maximum Gasteiger partial charge on any atom is 0.255 e. The number of rotatable bonds is 7. The maximum absolute atomic E-state index is 12.4. The molecule has 0 bridgehead atoms. The van der Waals surface area contributed by atoms with Crippen LogP contribution in [-0.4, -0.2) is 37.2 Å². The largest absolute Gasteiger partial charge is 0.355 e. The van der Waals surface area contributed by atoms with Crippen LogP contribution in [0, 0.1) is 5.92 Å². The van der Waals surface area contributed by atoms with Crippen molar-refractivity contribution in [3.05, 3.63) is 30.1 Å². The topological polar surface area (TPSA) is 97.6 Å². The van der Waals surface area contributed by atoms with Crippen molar-refractivity contribution in [3.8, 4) is 0 Å². The molecule has 0 saturated carbocycles. The molecule has 0 aromatic carbocycles. The highest BCUT2D eigenvalue weighted by molar-refractivity contribution is 5.93. The van der Waals surface area contributed by atoms with Crippen LogP contribution in [0.2, 0.25) is 0 Å². The van der Waals surface area contributed by atoms with E-state index < -0.39 is 0 Å². The lowest BCUT2D eigenvalue weighted by atomic mass is 10.0. The first-order chi connectivity index (χ1) is 11.0. The molecule has 1 atom stereocenters. The van der Waals surface area contributed by atoms with Gasteiger partial charge >= 0.3 is 0 Å². The van der Waals surface area contributed by atoms with Crippen molar-refractivity contribution >= 4 is 11.9 Å². The number of hydrogen-bond acceptors (Lipinski definition) is 6. The molecule has 8 nitrogen and oxygen atoms in total. The molecule has 8 heteroatoms. The van der Waals surface area contributed by atoms with Crippen molar-refractivity contribution < 1.29 is 4.79 Å². The molecule has 2 aromatic rings. The van der Waals surface area contributed by atoms with Gasteiger partial charge in [0, 0.05) is 26.0 Å². The minimum atomic E-state index is -0.221. The summed E-state index contributed by atoms with van der Waals surface area (Å²) in [5.41, 5.74) is 0.419. The zero-order valence-electron chi connectivity index (χ0n) is 13.9. The zero-order chi connectivity index (χ0) is 16.8. The maximum atomic E-state index is 12.4. The predicted octanol–water partition coefficient (Wildman–Crippen LogP) is 1.55. The van der Waals surface area contributed by atoms with E-state index in [2.05, 4.69) is 44.5 Å². The van der Waals surface area contributed by atoms with E-state index in [0.29, 0.717) is 17.4 Å². The second-order valence-corrected chi connectivity index (χ2v) is 5.72. The number of aromatic nitrogens is 5. The van der Waals surface area contributed by atoms with Gasteiger partial charge < -0.3 is 10.6 Å². The van der Waals surface area contributed by atoms with Gasteiger partial charge in [-0.1, -0.05) is 13.8 Å². The van der Waals surface area contributed by atoms with Gasteiger partial charge in [0.25, 0.3) is 5.91 Å². The van der Waals surface area contributed by atoms with Crippen molar-refractivity contribution in [2.75, 3.05) is 11.9 Å². The molecule has 0 unspecified atom stereocenters. The summed E-state index contributed by atoms with van der Waals surface area (Å²) in [5.74, 6) is 1.43. The number of nitrogens with one attached hydrogen (secondary N) is 2. The molecule has 0 aliphatic rings. The summed E-state index contributed by atoms with van der Waals surface area (Å²) in [6.45, 7) is 6.89. The molecule has 0 aliphatic heterocycles. The van der Waals surface area contributed by atoms with Gasteiger partial charge in [-0.15, -0.1) is 0 Å². The number of aryl methyl sites for hydroxylation is 1. The molecule has 0 radical (unpaired) electrons. The normalized spacial score (nSPS) is 12.2. The Morgan fingerprint density at radius 1 is 1.26 bits per heavy atom. The highest BCUT2D eigenvalue weighted by atomic mass is 16.1. The second kappa shape index (κ2) is 7.66. The number of carbonyl (C=O) groups excluding carboxylic acids is 1. The van der Waals surface area contributed by atoms with Crippen molar-refractivity contribution in [1.82, 2.24) is 30.0 Å². The molecule has 0 aliphatic carbocycles. The fourth-order valence-corrected chi connectivity index (χ4v) is 2.26. The third-order valence-corrected chi connectivity index (χ3v) is 3.32. The molecular weight excluding hydrogens is 294 g/mol. The Morgan fingerprint density at radius 2 is 1.96 bits per heavy atom. The molecule has 2 rings (SSSR count). The molecule has 1 amide bonds. The second-order valence-electron chi connectivity index (χ2n) is 5.72. The van der Waals surface area contributed by atoms with Crippen LogP contribution in [0.15, 0.2) is 18.7 Å². The van der Waals surface area contributed by atoms with Crippen LogP contribution in [-0.2, 0) is 7.05 Å². The van der Waals surface area contributed by atoms with Crippen LogP contribution in [0.25, 0.3) is 0 Å². The van der Waals surface area contributed by atoms with Crippen molar-refractivity contribution in [1.29, 1.82) is 0 Å². The van der Waals surface area contributed by atoms with E-state index in [0.717, 1.165) is 18.8 Å². The summed E-state index contributed by atoms with van der Waals surface area (Å²) in [7, 11) is 1.82. The lowest BCUT2D eigenvalue weighted by Crippen LogP contribution is -2.31. The van der Waals surface area contributed by atoms with Gasteiger partial charge in [-0.25, -0.2) is 15.0 Å². The average molecular weight is 317 g/mol. The van der Waals surface area contributed by atoms with Crippen LogP contribution in [0.5, 0.6) is 0 Å². The fraction of sp³-hybridized carbons (Fsp3) is 0.533. The van der Waals surface area contributed by atoms with Crippen LogP contribution in [0.1, 0.15) is 49.4 Å². The minimum Gasteiger partial charge on any atom is -0.355 e. The molecule has 0 fully saturated rings. The van der Waals surface area contributed by atoms with Crippen molar-refractivity contribution in [3.63, 3.8) is 0 Å². The van der Waals surface area contributed by atoms with Crippen LogP contribution < -0.4 is 10.6 Å². The lowest BCUT2D eigenvalue weighted by Gasteiger charge is -2.19. The van der Waals surface area contributed by atoms with E-state index >= 15 is 0 Å². The van der Waals surface area contributed by atoms with Crippen LogP contribution in [0.3, 0.4) is 0 Å². The summed E-state index contributed by atoms with van der Waals surface area (Å²) in [6, 6.07) is -0.205. The molecule has 0 saturated heterocycles. The van der Waals surface area contributed by atoms with Gasteiger partial charge in [0.2, 0.25) is 5.95 Å². The summed E-state index contributed by atoms with van der Waals surface area (Å²) in [6.07, 6.45) is 5.30. The predicted molar refractivity (Wildman–Crippen MR) is 86.9 cm³/mol. The Bertz CT molecular complexity index is 636. The van der Waals surface area contributed by atoms with Crippen LogP contribution in [0.4, 0.5) is 5.95 Å². The van der Waals surface area contributed by atoms with Gasteiger partial charge in [-0.3, -0.25) is 9.48 Å². The molecule has 2 aromatic heterocycles.